The molecule has 1 aromatic heterocycles. The molecule has 0 spiro atoms. The van der Waals surface area contributed by atoms with Gasteiger partial charge in [-0.1, -0.05) is 18.2 Å². The largest absolute Gasteiger partial charge is 0.465 e. The molecule has 0 saturated carbocycles. The first-order valence-electron chi connectivity index (χ1n) is 8.78. The van der Waals surface area contributed by atoms with Crippen molar-refractivity contribution in [2.45, 2.75) is 0 Å². The Kier molecular flexibility index (Phi) is 6.39. The molecule has 2 N–H and O–H groups in total. The number of halogens is 1. The number of nitrogens with one attached hydrogen (secondary N) is 2. The standard InChI is InChI=1S/C22H17FN2O5/c1-29-22(28)15-4-2-5-17(13-15)24-20(26)18(12-14-7-9-16(23)10-8-14)25-21(27)19-6-3-11-30-19/h2-13H,1H3,(H,24,26)(H,25,27)/b18-12+. The number of carbonyl (C=O) groups is 3. The SMILES string of the molecule is COC(=O)c1cccc(NC(=O)/C(=C\c2ccc(F)cc2)NC(=O)c2ccco2)c1. The maximum atomic E-state index is 13.2. The smallest absolute Gasteiger partial charge is 0.337 e. The van der Waals surface area contributed by atoms with E-state index in [1.165, 1.54) is 68.0 Å². The number of rotatable bonds is 6. The van der Waals surface area contributed by atoms with Crippen LogP contribution < -0.4 is 10.6 Å². The van der Waals surface area contributed by atoms with E-state index in [9.17, 15) is 18.8 Å². The highest BCUT2D eigenvalue weighted by Gasteiger charge is 2.17. The van der Waals surface area contributed by atoms with Gasteiger partial charge >= 0.3 is 5.97 Å². The van der Waals surface area contributed by atoms with Crippen molar-refractivity contribution >= 4 is 29.5 Å². The number of anilines is 1. The van der Waals surface area contributed by atoms with Gasteiger partial charge in [-0.3, -0.25) is 9.59 Å². The summed E-state index contributed by atoms with van der Waals surface area (Å²) in [5, 5.41) is 5.09. The van der Waals surface area contributed by atoms with E-state index in [1.807, 2.05) is 0 Å². The van der Waals surface area contributed by atoms with E-state index in [0.717, 1.165) is 0 Å². The monoisotopic (exact) mass is 408 g/mol. The molecule has 0 aliphatic carbocycles. The Bertz CT molecular complexity index is 1090. The van der Waals surface area contributed by atoms with Crippen molar-refractivity contribution in [3.05, 3.63) is 95.3 Å². The summed E-state index contributed by atoms with van der Waals surface area (Å²) < 4.78 is 22.9. The molecular formula is C22H17FN2O5. The minimum absolute atomic E-state index is 0.0143. The van der Waals surface area contributed by atoms with Crippen molar-refractivity contribution in [1.82, 2.24) is 5.32 Å². The lowest BCUT2D eigenvalue weighted by Crippen LogP contribution is -2.30. The molecule has 0 bridgehead atoms. The fourth-order valence-electron chi connectivity index (χ4n) is 2.52. The van der Waals surface area contributed by atoms with Gasteiger partial charge in [0.25, 0.3) is 11.8 Å². The molecule has 0 aliphatic heterocycles. The van der Waals surface area contributed by atoms with E-state index >= 15 is 0 Å². The van der Waals surface area contributed by atoms with Gasteiger partial charge in [-0.25, -0.2) is 9.18 Å². The molecule has 0 radical (unpaired) electrons. The maximum absolute atomic E-state index is 13.2. The summed E-state index contributed by atoms with van der Waals surface area (Å²) in [6.45, 7) is 0. The molecule has 0 fully saturated rings. The number of methoxy groups -OCH3 is 1. The van der Waals surface area contributed by atoms with E-state index in [2.05, 4.69) is 15.4 Å². The van der Waals surface area contributed by atoms with E-state index < -0.39 is 23.6 Å². The highest BCUT2D eigenvalue weighted by Crippen LogP contribution is 2.14. The summed E-state index contributed by atoms with van der Waals surface area (Å²) >= 11 is 0. The Balaban J connectivity index is 1.87. The number of carbonyl (C=O) groups excluding carboxylic acids is 3. The van der Waals surface area contributed by atoms with Gasteiger partial charge in [0, 0.05) is 5.69 Å². The van der Waals surface area contributed by atoms with E-state index in [1.54, 1.807) is 12.1 Å². The number of furan rings is 1. The Labute approximate surface area is 171 Å². The van der Waals surface area contributed by atoms with Crippen molar-refractivity contribution in [2.24, 2.45) is 0 Å². The van der Waals surface area contributed by atoms with Gasteiger partial charge in [0.2, 0.25) is 0 Å². The highest BCUT2D eigenvalue weighted by molar-refractivity contribution is 6.10. The van der Waals surface area contributed by atoms with Gasteiger partial charge in [0.05, 0.1) is 18.9 Å². The third-order valence-corrected chi connectivity index (χ3v) is 3.96. The number of ether oxygens (including phenoxy) is 1. The lowest BCUT2D eigenvalue weighted by atomic mass is 10.1. The third-order valence-electron chi connectivity index (χ3n) is 3.96. The van der Waals surface area contributed by atoms with Crippen LogP contribution in [-0.4, -0.2) is 24.9 Å². The third kappa shape index (κ3) is 5.20. The minimum atomic E-state index is -0.652. The quantitative estimate of drug-likeness (QED) is 0.480. The Morgan fingerprint density at radius 3 is 2.47 bits per heavy atom. The summed E-state index contributed by atoms with van der Waals surface area (Å²) in [7, 11) is 1.25. The molecule has 1 heterocycles. The van der Waals surface area contributed by atoms with Crippen LogP contribution in [0.3, 0.4) is 0 Å². The number of benzene rings is 2. The summed E-state index contributed by atoms with van der Waals surface area (Å²) in [6.07, 6.45) is 2.72. The topological polar surface area (TPSA) is 97.6 Å². The normalized spacial score (nSPS) is 10.9. The summed E-state index contributed by atoms with van der Waals surface area (Å²) in [6, 6.07) is 14.5. The van der Waals surface area contributed by atoms with E-state index in [4.69, 9.17) is 4.42 Å². The first-order valence-corrected chi connectivity index (χ1v) is 8.78. The average Bonchev–Trinajstić information content (AvgIpc) is 3.29. The molecule has 152 valence electrons. The molecule has 0 aliphatic rings. The molecule has 2 aromatic carbocycles. The summed E-state index contributed by atoms with van der Waals surface area (Å²) in [5.74, 6) is -2.26. The predicted molar refractivity (Wildman–Crippen MR) is 107 cm³/mol. The predicted octanol–water partition coefficient (Wildman–Crippen LogP) is 3.61. The molecule has 0 saturated heterocycles. The lowest BCUT2D eigenvalue weighted by Gasteiger charge is -2.11. The lowest BCUT2D eigenvalue weighted by molar-refractivity contribution is -0.113. The van der Waals surface area contributed by atoms with Crippen LogP contribution >= 0.6 is 0 Å². The van der Waals surface area contributed by atoms with Gasteiger partial charge in [-0.15, -0.1) is 0 Å². The average molecular weight is 408 g/mol. The zero-order chi connectivity index (χ0) is 21.5. The second kappa shape index (κ2) is 9.33. The van der Waals surface area contributed by atoms with Crippen LogP contribution in [0, 0.1) is 5.82 Å². The minimum Gasteiger partial charge on any atom is -0.465 e. The molecule has 0 unspecified atom stereocenters. The molecule has 3 aromatic rings. The molecule has 0 atom stereocenters. The van der Waals surface area contributed by atoms with Crippen molar-refractivity contribution in [2.75, 3.05) is 12.4 Å². The first kappa shape index (κ1) is 20.5. The summed E-state index contributed by atoms with van der Waals surface area (Å²) in [5.41, 5.74) is 0.954. The van der Waals surface area contributed by atoms with Crippen LogP contribution in [0.5, 0.6) is 0 Å². The molecule has 2 amide bonds. The molecule has 7 nitrogen and oxygen atoms in total. The van der Waals surface area contributed by atoms with Gasteiger partial charge in [-0.05, 0) is 54.1 Å². The maximum Gasteiger partial charge on any atom is 0.337 e. The van der Waals surface area contributed by atoms with Crippen molar-refractivity contribution in [3.63, 3.8) is 0 Å². The Hall–Kier alpha value is -4.20. The van der Waals surface area contributed by atoms with Crippen LogP contribution in [-0.2, 0) is 9.53 Å². The molecule has 8 heteroatoms. The van der Waals surface area contributed by atoms with Crippen molar-refractivity contribution < 1.29 is 27.9 Å². The fourth-order valence-corrected chi connectivity index (χ4v) is 2.52. The zero-order valence-electron chi connectivity index (χ0n) is 15.8. The number of hydrogen-bond donors (Lipinski definition) is 2. The second-order valence-electron chi connectivity index (χ2n) is 6.07. The molecular weight excluding hydrogens is 391 g/mol. The molecule has 30 heavy (non-hydrogen) atoms. The number of amides is 2. The Morgan fingerprint density at radius 1 is 1.03 bits per heavy atom. The molecule has 3 rings (SSSR count). The van der Waals surface area contributed by atoms with Gasteiger partial charge in [0.1, 0.15) is 11.5 Å². The zero-order valence-corrected chi connectivity index (χ0v) is 15.8. The van der Waals surface area contributed by atoms with Gasteiger partial charge < -0.3 is 19.8 Å². The van der Waals surface area contributed by atoms with Crippen LogP contribution in [0.2, 0.25) is 0 Å². The van der Waals surface area contributed by atoms with Gasteiger partial charge in [0.15, 0.2) is 5.76 Å². The number of hydrogen-bond acceptors (Lipinski definition) is 5. The van der Waals surface area contributed by atoms with Crippen LogP contribution in [0.25, 0.3) is 6.08 Å². The van der Waals surface area contributed by atoms with Crippen molar-refractivity contribution in [1.29, 1.82) is 0 Å². The number of esters is 1. The van der Waals surface area contributed by atoms with Crippen LogP contribution in [0.4, 0.5) is 10.1 Å². The summed E-state index contributed by atoms with van der Waals surface area (Å²) in [4.78, 5) is 36.9. The fraction of sp³-hybridized carbons (Fsp3) is 0.0455. The van der Waals surface area contributed by atoms with Crippen molar-refractivity contribution in [3.8, 4) is 0 Å². The van der Waals surface area contributed by atoms with Gasteiger partial charge in [-0.2, -0.15) is 0 Å². The van der Waals surface area contributed by atoms with Crippen LogP contribution in [0.1, 0.15) is 26.5 Å². The van der Waals surface area contributed by atoms with Crippen LogP contribution in [0.15, 0.2) is 77.0 Å². The Morgan fingerprint density at radius 2 is 1.80 bits per heavy atom. The van der Waals surface area contributed by atoms with E-state index in [-0.39, 0.29) is 17.0 Å². The van der Waals surface area contributed by atoms with E-state index in [0.29, 0.717) is 11.3 Å². The highest BCUT2D eigenvalue weighted by atomic mass is 19.1. The second-order valence-corrected chi connectivity index (χ2v) is 6.07. The first-order chi connectivity index (χ1) is 14.5.